The maximum absolute atomic E-state index is 14.6. The van der Waals surface area contributed by atoms with Crippen molar-refractivity contribution in [3.8, 4) is 18.1 Å². The summed E-state index contributed by atoms with van der Waals surface area (Å²) in [7, 11) is 1.57. The first-order valence-electron chi connectivity index (χ1n) is 14.6. The normalized spacial score (nSPS) is 13.3. The second-order valence-corrected chi connectivity index (χ2v) is 12.9. The summed E-state index contributed by atoms with van der Waals surface area (Å²) in [5.74, 6) is 3.54. The Balaban J connectivity index is 2.66. The lowest BCUT2D eigenvalue weighted by molar-refractivity contribution is -0.143. The van der Waals surface area contributed by atoms with Crippen LogP contribution in [0.3, 0.4) is 0 Å². The molecule has 43 heavy (non-hydrogen) atoms. The fourth-order valence-corrected chi connectivity index (χ4v) is 5.08. The zero-order valence-corrected chi connectivity index (χ0v) is 27.5. The summed E-state index contributed by atoms with van der Waals surface area (Å²) < 4.78 is 10.8. The van der Waals surface area contributed by atoms with E-state index in [1.165, 1.54) is 0 Å². The van der Waals surface area contributed by atoms with Crippen molar-refractivity contribution < 1.29 is 23.9 Å². The van der Waals surface area contributed by atoms with Crippen LogP contribution < -0.4 is 15.4 Å². The molecule has 2 aromatic rings. The molecule has 8 nitrogen and oxygen atoms in total. The quantitative estimate of drug-likeness (QED) is 0.233. The van der Waals surface area contributed by atoms with Gasteiger partial charge in [-0.1, -0.05) is 38.0 Å². The van der Waals surface area contributed by atoms with Crippen LogP contribution in [0.15, 0.2) is 48.5 Å². The number of nitrogens with one attached hydrogen (secondary N) is 2. The molecule has 2 aromatic carbocycles. The van der Waals surface area contributed by atoms with Gasteiger partial charge in [0.05, 0.1) is 7.11 Å². The number of nitrogens with zero attached hydrogens (tertiary/aromatic N) is 1. The molecule has 0 bridgehead atoms. The Bertz CT molecular complexity index is 1250. The van der Waals surface area contributed by atoms with E-state index >= 15 is 0 Å². The van der Waals surface area contributed by atoms with Crippen molar-refractivity contribution in [2.24, 2.45) is 5.92 Å². The third-order valence-electron chi connectivity index (χ3n) is 6.79. The van der Waals surface area contributed by atoms with E-state index in [1.807, 2.05) is 13.2 Å². The van der Waals surface area contributed by atoms with E-state index in [0.29, 0.717) is 47.1 Å². The van der Waals surface area contributed by atoms with E-state index in [-0.39, 0.29) is 11.9 Å². The lowest BCUT2D eigenvalue weighted by Crippen LogP contribution is -2.55. The zero-order valence-electron chi connectivity index (χ0n) is 26.7. The largest absolute Gasteiger partial charge is 0.497 e. The molecular formula is C34H47N3O5S. The molecule has 3 amide bonds. The summed E-state index contributed by atoms with van der Waals surface area (Å²) in [6, 6.07) is 11.8. The van der Waals surface area contributed by atoms with Crippen molar-refractivity contribution >= 4 is 35.4 Å². The van der Waals surface area contributed by atoms with E-state index in [9.17, 15) is 14.4 Å². The summed E-state index contributed by atoms with van der Waals surface area (Å²) in [5.41, 5.74) is 0.837. The minimum Gasteiger partial charge on any atom is -0.497 e. The second kappa shape index (κ2) is 16.9. The number of alkyl carbamates (subject to hydrolysis) is 1. The van der Waals surface area contributed by atoms with Crippen LogP contribution in [-0.2, 0) is 14.3 Å². The molecule has 3 unspecified atom stereocenters. The Kier molecular flexibility index (Phi) is 13.9. The van der Waals surface area contributed by atoms with Gasteiger partial charge in [-0.15, -0.1) is 6.42 Å². The van der Waals surface area contributed by atoms with Crippen molar-refractivity contribution in [1.82, 2.24) is 10.2 Å². The SMILES string of the molecule is C#Cc1ccccc1C(C(=O)Nc1ccc(OC)cc1)N(C(=O)C(CCSC)NC(=O)OC(C)(C)C)C(C)CCC(C)C. The Labute approximate surface area is 261 Å². The number of ether oxygens (including phenoxy) is 2. The maximum Gasteiger partial charge on any atom is 0.408 e. The van der Waals surface area contributed by atoms with Gasteiger partial charge in [0.15, 0.2) is 0 Å². The van der Waals surface area contributed by atoms with Crippen LogP contribution in [0, 0.1) is 18.3 Å². The molecule has 234 valence electrons. The highest BCUT2D eigenvalue weighted by Crippen LogP contribution is 2.31. The smallest absolute Gasteiger partial charge is 0.408 e. The molecule has 0 aliphatic rings. The van der Waals surface area contributed by atoms with Gasteiger partial charge in [0.2, 0.25) is 5.91 Å². The lowest BCUT2D eigenvalue weighted by Gasteiger charge is -2.39. The first-order chi connectivity index (χ1) is 20.3. The van der Waals surface area contributed by atoms with E-state index < -0.39 is 29.7 Å². The minimum absolute atomic E-state index is 0.357. The molecule has 2 N–H and O–H groups in total. The molecule has 0 aromatic heterocycles. The Morgan fingerprint density at radius 2 is 1.65 bits per heavy atom. The lowest BCUT2D eigenvalue weighted by atomic mass is 9.94. The van der Waals surface area contributed by atoms with Crippen LogP contribution in [-0.4, -0.2) is 59.6 Å². The van der Waals surface area contributed by atoms with Crippen LogP contribution in [0.2, 0.25) is 0 Å². The Morgan fingerprint density at radius 3 is 2.21 bits per heavy atom. The standard InChI is InChI=1S/C34H47N3O5S/c1-10-25-13-11-12-14-28(25)30(31(38)35-26-17-19-27(41-8)20-18-26)37(24(4)16-15-23(2)3)32(39)29(21-22-43-9)36-33(40)42-34(5,6)7/h1,11-14,17-20,23-24,29-30H,15-16,21-22H2,2-9H3,(H,35,38)(H,36,40). The van der Waals surface area contributed by atoms with Crippen molar-refractivity contribution in [1.29, 1.82) is 0 Å². The van der Waals surface area contributed by atoms with Gasteiger partial charge in [-0.05, 0) is 101 Å². The number of carbonyl (C=O) groups excluding carboxylic acids is 3. The maximum atomic E-state index is 14.6. The summed E-state index contributed by atoms with van der Waals surface area (Å²) in [5, 5.41) is 5.77. The summed E-state index contributed by atoms with van der Waals surface area (Å²) in [4.78, 5) is 43.3. The topological polar surface area (TPSA) is 97.0 Å². The molecule has 2 rings (SSSR count). The van der Waals surface area contributed by atoms with Gasteiger partial charge in [0.25, 0.3) is 5.91 Å². The zero-order chi connectivity index (χ0) is 32.2. The number of carbonyl (C=O) groups is 3. The molecule has 3 atom stereocenters. The van der Waals surface area contributed by atoms with Crippen molar-refractivity contribution in [2.45, 2.75) is 84.5 Å². The van der Waals surface area contributed by atoms with Gasteiger partial charge in [-0.2, -0.15) is 11.8 Å². The Hall–Kier alpha value is -3.64. The Morgan fingerprint density at radius 1 is 1.00 bits per heavy atom. The van der Waals surface area contributed by atoms with E-state index in [1.54, 1.807) is 93.1 Å². The molecule has 0 aliphatic heterocycles. The average molecular weight is 610 g/mol. The number of thioether (sulfide) groups is 1. The first kappa shape index (κ1) is 35.6. The van der Waals surface area contributed by atoms with Crippen LogP contribution in [0.25, 0.3) is 0 Å². The molecule has 0 spiro atoms. The van der Waals surface area contributed by atoms with Crippen molar-refractivity contribution in [2.75, 3.05) is 24.4 Å². The highest BCUT2D eigenvalue weighted by atomic mass is 32.2. The average Bonchev–Trinajstić information content (AvgIpc) is 2.95. The number of hydrogen-bond acceptors (Lipinski definition) is 6. The third-order valence-corrected chi connectivity index (χ3v) is 7.43. The molecule has 0 saturated carbocycles. The number of amides is 3. The van der Waals surface area contributed by atoms with Crippen molar-refractivity contribution in [3.63, 3.8) is 0 Å². The molecule has 0 radical (unpaired) electrons. The molecule has 0 heterocycles. The fraction of sp³-hybridized carbons (Fsp3) is 0.500. The second-order valence-electron chi connectivity index (χ2n) is 11.9. The number of rotatable bonds is 14. The van der Waals surface area contributed by atoms with Gasteiger partial charge in [0, 0.05) is 17.3 Å². The minimum atomic E-state index is -1.07. The summed E-state index contributed by atoms with van der Waals surface area (Å²) in [6.07, 6.45) is 8.99. The molecular weight excluding hydrogens is 562 g/mol. The van der Waals surface area contributed by atoms with Crippen molar-refractivity contribution in [3.05, 3.63) is 59.7 Å². The van der Waals surface area contributed by atoms with E-state index in [4.69, 9.17) is 15.9 Å². The summed E-state index contributed by atoms with van der Waals surface area (Å²) >= 11 is 1.56. The monoisotopic (exact) mass is 609 g/mol. The number of hydrogen-bond donors (Lipinski definition) is 2. The van der Waals surface area contributed by atoms with Gasteiger partial charge in [-0.3, -0.25) is 9.59 Å². The van der Waals surface area contributed by atoms with Gasteiger partial charge in [-0.25, -0.2) is 4.79 Å². The molecule has 9 heteroatoms. The number of terminal acetylenes is 1. The highest BCUT2D eigenvalue weighted by Gasteiger charge is 2.39. The van der Waals surface area contributed by atoms with Crippen LogP contribution in [0.1, 0.15) is 78.0 Å². The van der Waals surface area contributed by atoms with Gasteiger partial charge in [0.1, 0.15) is 23.4 Å². The molecule has 0 aliphatic carbocycles. The summed E-state index contributed by atoms with van der Waals surface area (Å²) in [6.45, 7) is 11.5. The highest BCUT2D eigenvalue weighted by molar-refractivity contribution is 7.98. The van der Waals surface area contributed by atoms with Gasteiger partial charge < -0.3 is 25.0 Å². The fourth-order valence-electron chi connectivity index (χ4n) is 4.60. The van der Waals surface area contributed by atoms with Crippen LogP contribution in [0.5, 0.6) is 5.75 Å². The number of anilines is 1. The third kappa shape index (κ3) is 11.2. The number of benzene rings is 2. The van der Waals surface area contributed by atoms with Crippen LogP contribution >= 0.6 is 11.8 Å². The van der Waals surface area contributed by atoms with Gasteiger partial charge >= 0.3 is 6.09 Å². The van der Waals surface area contributed by atoms with E-state index in [0.717, 1.165) is 6.42 Å². The van der Waals surface area contributed by atoms with Crippen LogP contribution in [0.4, 0.5) is 10.5 Å². The number of methoxy groups -OCH3 is 1. The molecule has 0 saturated heterocycles. The predicted molar refractivity (Wildman–Crippen MR) is 175 cm³/mol. The predicted octanol–water partition coefficient (Wildman–Crippen LogP) is 6.66. The van der Waals surface area contributed by atoms with E-state index in [2.05, 4.69) is 30.4 Å². The molecule has 0 fully saturated rings. The first-order valence-corrected chi connectivity index (χ1v) is 16.0.